The van der Waals surface area contributed by atoms with Crippen LogP contribution in [-0.2, 0) is 21.1 Å². The van der Waals surface area contributed by atoms with E-state index in [2.05, 4.69) is 15.5 Å². The fraction of sp³-hybridized carbons (Fsp3) is 0.800. The quantitative estimate of drug-likeness (QED) is 0.669. The van der Waals surface area contributed by atoms with Crippen molar-refractivity contribution in [3.05, 3.63) is 5.89 Å². The van der Waals surface area contributed by atoms with Gasteiger partial charge < -0.3 is 19.4 Å². The van der Waals surface area contributed by atoms with Crippen LogP contribution in [0.1, 0.15) is 5.89 Å². The summed E-state index contributed by atoms with van der Waals surface area (Å²) in [4.78, 5) is 1.80. The number of methoxy groups -OCH3 is 1. The van der Waals surface area contributed by atoms with E-state index in [0.717, 1.165) is 0 Å². The Hall–Kier alpha value is -1.19. The number of anilines is 1. The molecule has 1 fully saturated rings. The van der Waals surface area contributed by atoms with Crippen LogP contribution in [0.2, 0.25) is 0 Å². The summed E-state index contributed by atoms with van der Waals surface area (Å²) in [7, 11) is -1.26. The van der Waals surface area contributed by atoms with Gasteiger partial charge in [-0.3, -0.25) is 0 Å². The molecule has 0 radical (unpaired) electrons. The van der Waals surface area contributed by atoms with E-state index in [1.807, 2.05) is 0 Å². The van der Waals surface area contributed by atoms with Gasteiger partial charge in [0.25, 0.3) is 0 Å². The Kier molecular flexibility index (Phi) is 4.72. The van der Waals surface area contributed by atoms with Gasteiger partial charge in [-0.05, 0) is 0 Å². The molecule has 0 saturated carbocycles. The van der Waals surface area contributed by atoms with Gasteiger partial charge in [0, 0.05) is 26.7 Å². The Morgan fingerprint density at radius 3 is 2.79 bits per heavy atom. The van der Waals surface area contributed by atoms with Gasteiger partial charge in [-0.2, -0.15) is 0 Å². The third-order valence-electron chi connectivity index (χ3n) is 2.83. The summed E-state index contributed by atoms with van der Waals surface area (Å²) >= 11 is 0. The van der Waals surface area contributed by atoms with E-state index in [4.69, 9.17) is 9.15 Å². The molecule has 1 aromatic rings. The van der Waals surface area contributed by atoms with E-state index in [1.54, 1.807) is 12.0 Å². The van der Waals surface area contributed by atoms with E-state index < -0.39 is 9.84 Å². The van der Waals surface area contributed by atoms with Crippen LogP contribution >= 0.6 is 0 Å². The molecule has 0 amide bonds. The van der Waals surface area contributed by atoms with Crippen molar-refractivity contribution in [1.82, 2.24) is 15.5 Å². The van der Waals surface area contributed by atoms with Crippen LogP contribution in [-0.4, -0.2) is 63.5 Å². The maximum absolute atomic E-state index is 11.3. The Morgan fingerprint density at radius 1 is 1.37 bits per heavy atom. The van der Waals surface area contributed by atoms with E-state index in [1.165, 1.54) is 0 Å². The predicted octanol–water partition coefficient (Wildman–Crippen LogP) is -0.960. The normalized spacial score (nSPS) is 18.7. The summed E-state index contributed by atoms with van der Waals surface area (Å²) in [6, 6.07) is 0.387. The zero-order valence-electron chi connectivity index (χ0n) is 10.8. The van der Waals surface area contributed by atoms with Crippen LogP contribution in [0.4, 0.5) is 6.01 Å². The number of hydrogen-bond donors (Lipinski definition) is 1. The highest BCUT2D eigenvalue weighted by molar-refractivity contribution is 7.91. The second-order valence-electron chi connectivity index (χ2n) is 4.29. The lowest BCUT2D eigenvalue weighted by atomic mass is 10.5. The minimum Gasteiger partial charge on any atom is -0.407 e. The lowest BCUT2D eigenvalue weighted by Gasteiger charge is -2.24. The fourth-order valence-corrected chi connectivity index (χ4v) is 2.92. The minimum absolute atomic E-state index is 0.136. The first-order chi connectivity index (χ1) is 9.11. The topological polar surface area (TPSA) is 97.6 Å². The van der Waals surface area contributed by atoms with E-state index >= 15 is 0 Å². The molecule has 9 heteroatoms. The number of nitrogens with zero attached hydrogens (tertiary/aromatic N) is 3. The molecule has 2 rings (SSSR count). The molecule has 0 unspecified atom stereocenters. The molecule has 1 aliphatic heterocycles. The van der Waals surface area contributed by atoms with Gasteiger partial charge in [0.2, 0.25) is 5.89 Å². The Labute approximate surface area is 112 Å². The molecule has 0 spiro atoms. The van der Waals surface area contributed by atoms with Crippen LogP contribution in [0, 0.1) is 0 Å². The van der Waals surface area contributed by atoms with E-state index in [9.17, 15) is 8.42 Å². The molecular formula is C10H18N4O4S. The van der Waals surface area contributed by atoms with Crippen molar-refractivity contribution in [3.63, 3.8) is 0 Å². The van der Waals surface area contributed by atoms with Crippen LogP contribution < -0.4 is 10.2 Å². The summed E-state index contributed by atoms with van der Waals surface area (Å²) in [5.41, 5.74) is 0. The van der Waals surface area contributed by atoms with Crippen molar-refractivity contribution in [2.24, 2.45) is 0 Å². The van der Waals surface area contributed by atoms with Crippen molar-refractivity contribution >= 4 is 15.9 Å². The van der Waals surface area contributed by atoms with Crippen molar-refractivity contribution in [2.75, 3.05) is 49.8 Å². The molecule has 0 aliphatic carbocycles. The molecule has 1 N–H and O–H groups in total. The molecule has 1 aromatic heterocycles. The first-order valence-electron chi connectivity index (χ1n) is 6.08. The van der Waals surface area contributed by atoms with E-state index in [0.29, 0.717) is 44.7 Å². The first-order valence-corrected chi connectivity index (χ1v) is 7.90. The number of nitrogens with one attached hydrogen (secondary N) is 1. The third kappa shape index (κ3) is 4.15. The SMILES string of the molecule is COCCNCc1nnc(N2CCS(=O)(=O)CC2)o1. The highest BCUT2D eigenvalue weighted by atomic mass is 32.2. The van der Waals surface area contributed by atoms with Gasteiger partial charge in [-0.25, -0.2) is 8.42 Å². The van der Waals surface area contributed by atoms with Gasteiger partial charge in [0.1, 0.15) is 0 Å². The Morgan fingerprint density at radius 2 is 2.11 bits per heavy atom. The lowest BCUT2D eigenvalue weighted by molar-refractivity contribution is 0.198. The van der Waals surface area contributed by atoms with Crippen LogP contribution in [0.15, 0.2) is 4.42 Å². The number of sulfone groups is 1. The molecule has 8 nitrogen and oxygen atoms in total. The maximum atomic E-state index is 11.3. The summed E-state index contributed by atoms with van der Waals surface area (Å²) in [5.74, 6) is 0.757. The predicted molar refractivity (Wildman–Crippen MR) is 68.7 cm³/mol. The number of aromatic nitrogens is 2. The molecule has 0 aromatic carbocycles. The average molecular weight is 290 g/mol. The molecule has 0 bridgehead atoms. The largest absolute Gasteiger partial charge is 0.407 e. The second-order valence-corrected chi connectivity index (χ2v) is 6.59. The number of hydrogen-bond acceptors (Lipinski definition) is 8. The summed E-state index contributed by atoms with van der Waals surface area (Å²) in [6.07, 6.45) is 0. The van der Waals surface area contributed by atoms with Crippen molar-refractivity contribution in [3.8, 4) is 0 Å². The standard InChI is InChI=1S/C10H18N4O4S/c1-17-5-2-11-8-9-12-13-10(18-9)14-3-6-19(15,16)7-4-14/h11H,2-8H2,1H3. The molecule has 2 heterocycles. The Balaban J connectivity index is 1.84. The Bertz CT molecular complexity index is 487. The average Bonchev–Trinajstić information content (AvgIpc) is 2.83. The number of rotatable bonds is 6. The first kappa shape index (κ1) is 14.2. The summed E-state index contributed by atoms with van der Waals surface area (Å²) in [6.45, 7) is 2.60. The smallest absolute Gasteiger partial charge is 0.318 e. The summed E-state index contributed by atoms with van der Waals surface area (Å²) in [5, 5.41) is 10.9. The molecular weight excluding hydrogens is 272 g/mol. The van der Waals surface area contributed by atoms with Crippen molar-refractivity contribution < 1.29 is 17.6 Å². The van der Waals surface area contributed by atoms with Gasteiger partial charge in [0.15, 0.2) is 9.84 Å². The monoisotopic (exact) mass is 290 g/mol. The second kappa shape index (κ2) is 6.31. The molecule has 19 heavy (non-hydrogen) atoms. The van der Waals surface area contributed by atoms with Gasteiger partial charge >= 0.3 is 6.01 Å². The summed E-state index contributed by atoms with van der Waals surface area (Å²) < 4.78 is 33.0. The van der Waals surface area contributed by atoms with Crippen LogP contribution in [0.3, 0.4) is 0 Å². The van der Waals surface area contributed by atoms with Gasteiger partial charge in [-0.1, -0.05) is 5.10 Å². The van der Waals surface area contributed by atoms with Gasteiger partial charge in [0.05, 0.1) is 24.7 Å². The van der Waals surface area contributed by atoms with Gasteiger partial charge in [-0.15, -0.1) is 5.10 Å². The molecule has 108 valence electrons. The highest BCUT2D eigenvalue weighted by Crippen LogP contribution is 2.15. The minimum atomic E-state index is -2.90. The molecule has 1 aliphatic rings. The molecule has 0 atom stereocenters. The number of ether oxygens (including phenoxy) is 1. The third-order valence-corrected chi connectivity index (χ3v) is 4.44. The van der Waals surface area contributed by atoms with Crippen molar-refractivity contribution in [1.29, 1.82) is 0 Å². The van der Waals surface area contributed by atoms with Crippen LogP contribution in [0.5, 0.6) is 0 Å². The van der Waals surface area contributed by atoms with E-state index in [-0.39, 0.29) is 11.5 Å². The zero-order chi connectivity index (χ0) is 13.7. The molecule has 1 saturated heterocycles. The fourth-order valence-electron chi connectivity index (χ4n) is 1.72. The van der Waals surface area contributed by atoms with Crippen molar-refractivity contribution in [2.45, 2.75) is 6.54 Å². The van der Waals surface area contributed by atoms with Crippen LogP contribution in [0.25, 0.3) is 0 Å². The lowest BCUT2D eigenvalue weighted by Crippen LogP contribution is -2.40. The zero-order valence-corrected chi connectivity index (χ0v) is 11.6. The maximum Gasteiger partial charge on any atom is 0.318 e. The highest BCUT2D eigenvalue weighted by Gasteiger charge is 2.24.